The molecule has 2 aromatic carbocycles. The number of aryl methyl sites for hydroxylation is 1. The van der Waals surface area contributed by atoms with E-state index in [-0.39, 0.29) is 18.2 Å². The van der Waals surface area contributed by atoms with Crippen molar-refractivity contribution in [2.75, 3.05) is 6.61 Å². The molecule has 0 atom stereocenters. The first-order chi connectivity index (χ1) is 12.7. The Kier molecular flexibility index (Phi) is 5.63. The van der Waals surface area contributed by atoms with Crippen molar-refractivity contribution in [3.05, 3.63) is 65.5 Å². The van der Waals surface area contributed by atoms with Gasteiger partial charge in [0.15, 0.2) is 0 Å². The molecule has 0 aliphatic carbocycles. The monoisotopic (exact) mass is 351 g/mol. The van der Waals surface area contributed by atoms with Crippen molar-refractivity contribution in [3.8, 4) is 17.2 Å². The molecule has 1 heterocycles. The number of nitrogens with one attached hydrogen (secondary N) is 1. The maximum absolute atomic E-state index is 12.2. The molecule has 6 nitrogen and oxygen atoms in total. The number of benzene rings is 2. The molecule has 0 aliphatic rings. The number of hydrogen-bond acceptors (Lipinski definition) is 5. The zero-order valence-electron chi connectivity index (χ0n) is 14.9. The molecular weight excluding hydrogens is 330 g/mol. The van der Waals surface area contributed by atoms with Gasteiger partial charge in [0.2, 0.25) is 17.7 Å². The summed E-state index contributed by atoms with van der Waals surface area (Å²) in [4.78, 5) is 12.2. The van der Waals surface area contributed by atoms with Gasteiger partial charge in [-0.15, -0.1) is 10.2 Å². The van der Waals surface area contributed by atoms with E-state index in [2.05, 4.69) is 15.5 Å². The summed E-state index contributed by atoms with van der Waals surface area (Å²) in [6, 6.07) is 15.4. The van der Waals surface area contributed by atoms with Crippen LogP contribution in [0.1, 0.15) is 23.9 Å². The van der Waals surface area contributed by atoms with Gasteiger partial charge >= 0.3 is 0 Å². The quantitative estimate of drug-likeness (QED) is 0.707. The number of carbonyl (C=O) groups excluding carboxylic acids is 1. The molecule has 0 bridgehead atoms. The zero-order chi connectivity index (χ0) is 18.4. The van der Waals surface area contributed by atoms with E-state index in [0.717, 1.165) is 22.4 Å². The third-order valence-electron chi connectivity index (χ3n) is 3.83. The number of nitrogens with zero attached hydrogens (tertiary/aromatic N) is 2. The lowest BCUT2D eigenvalue weighted by Gasteiger charge is -2.10. The van der Waals surface area contributed by atoms with Crippen LogP contribution >= 0.6 is 0 Å². The van der Waals surface area contributed by atoms with Crippen LogP contribution in [0.2, 0.25) is 0 Å². The summed E-state index contributed by atoms with van der Waals surface area (Å²) in [5.41, 5.74) is 2.91. The minimum atomic E-state index is -0.185. The molecule has 134 valence electrons. The van der Waals surface area contributed by atoms with Crippen molar-refractivity contribution < 1.29 is 13.9 Å². The highest BCUT2D eigenvalue weighted by molar-refractivity contribution is 5.77. The van der Waals surface area contributed by atoms with Crippen LogP contribution in [0.15, 0.2) is 52.9 Å². The Morgan fingerprint density at radius 3 is 2.65 bits per heavy atom. The lowest BCUT2D eigenvalue weighted by molar-refractivity contribution is -0.120. The second-order valence-electron chi connectivity index (χ2n) is 5.86. The van der Waals surface area contributed by atoms with Gasteiger partial charge in [-0.2, -0.15) is 0 Å². The minimum absolute atomic E-state index is 0.0374. The third-order valence-corrected chi connectivity index (χ3v) is 3.83. The van der Waals surface area contributed by atoms with E-state index in [0.29, 0.717) is 19.0 Å². The Morgan fingerprint density at radius 1 is 1.12 bits per heavy atom. The fourth-order valence-corrected chi connectivity index (χ4v) is 2.48. The predicted molar refractivity (Wildman–Crippen MR) is 97.6 cm³/mol. The Balaban J connectivity index is 1.58. The molecule has 3 rings (SSSR count). The molecule has 0 fully saturated rings. The summed E-state index contributed by atoms with van der Waals surface area (Å²) >= 11 is 0. The van der Waals surface area contributed by atoms with E-state index < -0.39 is 0 Å². The maximum atomic E-state index is 12.2. The van der Waals surface area contributed by atoms with Gasteiger partial charge in [0.05, 0.1) is 6.61 Å². The minimum Gasteiger partial charge on any atom is -0.494 e. The van der Waals surface area contributed by atoms with Crippen molar-refractivity contribution in [1.82, 2.24) is 15.5 Å². The summed E-state index contributed by atoms with van der Waals surface area (Å²) in [5.74, 6) is 1.29. The van der Waals surface area contributed by atoms with Crippen molar-refractivity contribution in [3.63, 3.8) is 0 Å². The Labute approximate surface area is 152 Å². The van der Waals surface area contributed by atoms with Gasteiger partial charge in [0.1, 0.15) is 12.2 Å². The van der Waals surface area contributed by atoms with Crippen LogP contribution in [0, 0.1) is 6.92 Å². The van der Waals surface area contributed by atoms with E-state index in [1.165, 1.54) is 0 Å². The molecule has 1 aromatic heterocycles. The number of amides is 1. The normalized spacial score (nSPS) is 10.5. The topological polar surface area (TPSA) is 77.2 Å². The molecule has 0 spiro atoms. The van der Waals surface area contributed by atoms with Gasteiger partial charge in [-0.05, 0) is 32.0 Å². The molecular formula is C20H21N3O3. The molecule has 1 N–H and O–H groups in total. The molecule has 0 saturated carbocycles. The summed E-state index contributed by atoms with van der Waals surface area (Å²) in [6.07, 6.45) is 0.0374. The van der Waals surface area contributed by atoms with E-state index in [4.69, 9.17) is 9.15 Å². The number of hydrogen-bond donors (Lipinski definition) is 1. The first-order valence-electron chi connectivity index (χ1n) is 8.52. The first-order valence-corrected chi connectivity index (χ1v) is 8.52. The number of rotatable bonds is 7. The maximum Gasteiger partial charge on any atom is 0.247 e. The molecule has 0 saturated heterocycles. The number of para-hydroxylation sites is 1. The van der Waals surface area contributed by atoms with Gasteiger partial charge in [-0.25, -0.2) is 0 Å². The fourth-order valence-electron chi connectivity index (χ4n) is 2.48. The summed E-state index contributed by atoms with van der Waals surface area (Å²) in [7, 11) is 0. The second-order valence-corrected chi connectivity index (χ2v) is 5.86. The largest absolute Gasteiger partial charge is 0.494 e. The summed E-state index contributed by atoms with van der Waals surface area (Å²) < 4.78 is 11.1. The van der Waals surface area contributed by atoms with Crippen molar-refractivity contribution in [2.24, 2.45) is 0 Å². The van der Waals surface area contributed by atoms with Crippen LogP contribution in [0.4, 0.5) is 0 Å². The number of carbonyl (C=O) groups is 1. The van der Waals surface area contributed by atoms with Gasteiger partial charge in [0.25, 0.3) is 0 Å². The Morgan fingerprint density at radius 2 is 1.88 bits per heavy atom. The van der Waals surface area contributed by atoms with Gasteiger partial charge < -0.3 is 14.5 Å². The first kappa shape index (κ1) is 17.7. The van der Waals surface area contributed by atoms with E-state index in [1.807, 2.05) is 62.4 Å². The molecule has 0 aliphatic heterocycles. The SMILES string of the molecule is CCOc1ccccc1CNC(=O)Cc1nnc(-c2ccc(C)cc2)o1. The molecule has 6 heteroatoms. The van der Waals surface area contributed by atoms with E-state index in [9.17, 15) is 4.79 Å². The van der Waals surface area contributed by atoms with Gasteiger partial charge in [0, 0.05) is 17.7 Å². The standard InChI is InChI=1S/C20H21N3O3/c1-3-25-17-7-5-4-6-16(17)13-21-18(24)12-19-22-23-20(26-19)15-10-8-14(2)9-11-15/h4-11H,3,12-13H2,1-2H3,(H,21,24). The lowest BCUT2D eigenvalue weighted by Crippen LogP contribution is -2.25. The van der Waals surface area contributed by atoms with Crippen LogP contribution in [0.5, 0.6) is 5.75 Å². The molecule has 0 unspecified atom stereocenters. The highest BCUT2D eigenvalue weighted by Gasteiger charge is 2.13. The van der Waals surface area contributed by atoms with Crippen molar-refractivity contribution >= 4 is 5.91 Å². The van der Waals surface area contributed by atoms with Crippen LogP contribution in [0.25, 0.3) is 11.5 Å². The smallest absolute Gasteiger partial charge is 0.247 e. The molecule has 1 amide bonds. The summed E-state index contributed by atoms with van der Waals surface area (Å²) in [5, 5.41) is 10.8. The highest BCUT2D eigenvalue weighted by Crippen LogP contribution is 2.19. The highest BCUT2D eigenvalue weighted by atomic mass is 16.5. The van der Waals surface area contributed by atoms with Crippen molar-refractivity contribution in [1.29, 1.82) is 0 Å². The van der Waals surface area contributed by atoms with Gasteiger partial charge in [-0.1, -0.05) is 35.9 Å². The fraction of sp³-hybridized carbons (Fsp3) is 0.250. The van der Waals surface area contributed by atoms with E-state index in [1.54, 1.807) is 0 Å². The third kappa shape index (κ3) is 4.47. The van der Waals surface area contributed by atoms with E-state index >= 15 is 0 Å². The van der Waals surface area contributed by atoms with Crippen LogP contribution in [-0.2, 0) is 17.8 Å². The van der Waals surface area contributed by atoms with Gasteiger partial charge in [-0.3, -0.25) is 4.79 Å². The van der Waals surface area contributed by atoms with Crippen LogP contribution in [-0.4, -0.2) is 22.7 Å². The zero-order valence-corrected chi connectivity index (χ0v) is 14.9. The molecule has 0 radical (unpaired) electrons. The Hall–Kier alpha value is -3.15. The van der Waals surface area contributed by atoms with Crippen LogP contribution in [0.3, 0.4) is 0 Å². The Bertz CT molecular complexity index is 872. The molecule has 26 heavy (non-hydrogen) atoms. The van der Waals surface area contributed by atoms with Crippen LogP contribution < -0.4 is 10.1 Å². The predicted octanol–water partition coefficient (Wildman–Crippen LogP) is 3.30. The number of aromatic nitrogens is 2. The molecule has 3 aromatic rings. The van der Waals surface area contributed by atoms with Crippen molar-refractivity contribution in [2.45, 2.75) is 26.8 Å². The number of ether oxygens (including phenoxy) is 1. The lowest BCUT2D eigenvalue weighted by atomic mass is 10.1. The second kappa shape index (κ2) is 8.29. The summed E-state index contributed by atoms with van der Waals surface area (Å²) in [6.45, 7) is 4.90. The average molecular weight is 351 g/mol. The average Bonchev–Trinajstić information content (AvgIpc) is 3.10.